The van der Waals surface area contributed by atoms with E-state index in [0.717, 1.165) is 14.6 Å². The molecular formula is C14H19BFIO4S. The second-order valence-corrected chi connectivity index (χ2v) is 9.09. The highest BCUT2D eigenvalue weighted by Crippen LogP contribution is 2.37. The zero-order chi connectivity index (χ0) is 16.9. The van der Waals surface area contributed by atoms with Crippen LogP contribution in [0, 0.1) is 10.5 Å². The van der Waals surface area contributed by atoms with Crippen molar-refractivity contribution in [2.45, 2.75) is 51.6 Å². The van der Waals surface area contributed by atoms with Crippen LogP contribution in [0.1, 0.15) is 38.8 Å². The highest BCUT2D eigenvalue weighted by Gasteiger charge is 2.52. The lowest BCUT2D eigenvalue weighted by atomic mass is 9.75. The van der Waals surface area contributed by atoms with Crippen LogP contribution in [-0.2, 0) is 25.3 Å². The van der Waals surface area contributed by atoms with E-state index in [-0.39, 0.29) is 0 Å². The van der Waals surface area contributed by atoms with Crippen molar-refractivity contribution in [2.24, 2.45) is 0 Å². The Morgan fingerprint density at radius 1 is 1.18 bits per heavy atom. The predicted octanol–water partition coefficient (Wildman–Crippen LogP) is 2.70. The summed E-state index contributed by atoms with van der Waals surface area (Å²) in [5, 5.41) is 0. The molecule has 0 saturated carbocycles. The van der Waals surface area contributed by atoms with Gasteiger partial charge in [-0.05, 0) is 79.9 Å². The zero-order valence-corrected chi connectivity index (χ0v) is 16.2. The lowest BCUT2D eigenvalue weighted by molar-refractivity contribution is 0.00578. The molecule has 0 spiro atoms. The lowest BCUT2D eigenvalue weighted by Crippen LogP contribution is -2.41. The molecule has 0 unspecified atom stereocenters. The molecule has 0 amide bonds. The maximum Gasteiger partial charge on any atom is 0.495 e. The Kier molecular flexibility index (Phi) is 4.72. The Morgan fingerprint density at radius 2 is 1.68 bits per heavy atom. The van der Waals surface area contributed by atoms with Crippen molar-refractivity contribution in [3.63, 3.8) is 0 Å². The van der Waals surface area contributed by atoms with Crippen molar-refractivity contribution in [2.75, 3.05) is 0 Å². The van der Waals surface area contributed by atoms with Crippen LogP contribution < -0.4 is 5.46 Å². The summed E-state index contributed by atoms with van der Waals surface area (Å²) in [4.78, 5) is 0. The first-order chi connectivity index (χ1) is 9.82. The van der Waals surface area contributed by atoms with Crippen LogP contribution in [0.25, 0.3) is 0 Å². The number of hydrogen-bond donors (Lipinski definition) is 0. The number of rotatable bonds is 3. The molecular weight excluding hydrogens is 421 g/mol. The van der Waals surface area contributed by atoms with Gasteiger partial charge in [0.25, 0.3) is 0 Å². The first-order valence-corrected chi connectivity index (χ1v) is 9.52. The van der Waals surface area contributed by atoms with E-state index in [1.54, 1.807) is 12.1 Å². The normalized spacial score (nSPS) is 20.4. The van der Waals surface area contributed by atoms with Crippen LogP contribution in [-0.4, -0.2) is 26.7 Å². The Labute approximate surface area is 145 Å². The Hall–Kier alpha value is -0.185. The molecule has 1 saturated heterocycles. The van der Waals surface area contributed by atoms with Gasteiger partial charge in [-0.2, -0.15) is 8.42 Å². The third kappa shape index (κ3) is 3.65. The van der Waals surface area contributed by atoms with Gasteiger partial charge in [0.1, 0.15) is 5.75 Å². The zero-order valence-electron chi connectivity index (χ0n) is 13.2. The molecule has 8 heteroatoms. The van der Waals surface area contributed by atoms with Gasteiger partial charge in [-0.25, -0.2) is 0 Å². The molecule has 122 valence electrons. The van der Waals surface area contributed by atoms with Crippen LogP contribution in [0.2, 0.25) is 0 Å². The van der Waals surface area contributed by atoms with E-state index in [0.29, 0.717) is 5.56 Å². The average Bonchev–Trinajstić information content (AvgIpc) is 2.50. The van der Waals surface area contributed by atoms with Gasteiger partial charge in [-0.15, -0.1) is 3.89 Å². The van der Waals surface area contributed by atoms with Gasteiger partial charge < -0.3 is 9.31 Å². The average molecular weight is 440 g/mol. The van der Waals surface area contributed by atoms with Crippen molar-refractivity contribution in [3.8, 4) is 0 Å². The van der Waals surface area contributed by atoms with Gasteiger partial charge in [-0.1, -0.05) is 6.07 Å². The SMILES string of the molecule is Cc1c(I)cc(CS(=O)(=O)F)cc1B1OC(C)(C)C(C)(C)O1. The minimum atomic E-state index is -4.58. The van der Waals surface area contributed by atoms with Gasteiger partial charge in [0, 0.05) is 3.57 Å². The van der Waals surface area contributed by atoms with Crippen LogP contribution in [0.3, 0.4) is 0 Å². The van der Waals surface area contributed by atoms with Crippen molar-refractivity contribution in [3.05, 3.63) is 26.8 Å². The largest absolute Gasteiger partial charge is 0.495 e. The predicted molar refractivity (Wildman–Crippen MR) is 93.3 cm³/mol. The van der Waals surface area contributed by atoms with E-state index in [2.05, 4.69) is 22.6 Å². The van der Waals surface area contributed by atoms with Gasteiger partial charge in [0.15, 0.2) is 0 Å². The molecule has 1 heterocycles. The van der Waals surface area contributed by atoms with Crippen molar-refractivity contribution in [1.82, 2.24) is 0 Å². The lowest BCUT2D eigenvalue weighted by Gasteiger charge is -2.32. The molecule has 1 fully saturated rings. The van der Waals surface area contributed by atoms with Crippen LogP contribution >= 0.6 is 22.6 Å². The molecule has 0 aromatic heterocycles. The van der Waals surface area contributed by atoms with E-state index in [1.165, 1.54) is 0 Å². The third-order valence-electron chi connectivity index (χ3n) is 4.29. The smallest absolute Gasteiger partial charge is 0.399 e. The second kappa shape index (κ2) is 5.72. The maximum atomic E-state index is 13.0. The van der Waals surface area contributed by atoms with Crippen LogP contribution in [0.15, 0.2) is 12.1 Å². The summed E-state index contributed by atoms with van der Waals surface area (Å²) in [5.74, 6) is -0.643. The summed E-state index contributed by atoms with van der Waals surface area (Å²) in [6, 6.07) is 3.32. The fourth-order valence-electron chi connectivity index (χ4n) is 2.26. The molecule has 1 aromatic rings. The molecule has 1 aliphatic rings. The van der Waals surface area contributed by atoms with E-state index in [4.69, 9.17) is 9.31 Å². The third-order valence-corrected chi connectivity index (χ3v) is 6.09. The van der Waals surface area contributed by atoms with E-state index < -0.39 is 34.3 Å². The summed E-state index contributed by atoms with van der Waals surface area (Å²) in [6.07, 6.45) is 0. The first kappa shape index (κ1) is 18.2. The number of halogens is 2. The minimum absolute atomic E-state index is 0.391. The molecule has 1 aromatic carbocycles. The van der Waals surface area contributed by atoms with Gasteiger partial charge in [-0.3, -0.25) is 0 Å². The molecule has 1 aliphatic heterocycles. The summed E-state index contributed by atoms with van der Waals surface area (Å²) >= 11 is 2.10. The molecule has 22 heavy (non-hydrogen) atoms. The molecule has 0 radical (unpaired) electrons. The Balaban J connectivity index is 2.44. The highest BCUT2D eigenvalue weighted by atomic mass is 127. The summed E-state index contributed by atoms with van der Waals surface area (Å²) in [7, 11) is -5.17. The molecule has 0 bridgehead atoms. The Bertz CT molecular complexity index is 687. The number of hydrogen-bond acceptors (Lipinski definition) is 4. The Morgan fingerprint density at radius 3 is 2.14 bits per heavy atom. The quantitative estimate of drug-likeness (QED) is 0.412. The second-order valence-electron chi connectivity index (χ2n) is 6.56. The number of benzene rings is 1. The minimum Gasteiger partial charge on any atom is -0.399 e. The van der Waals surface area contributed by atoms with E-state index in [9.17, 15) is 12.3 Å². The summed E-state index contributed by atoms with van der Waals surface area (Å²) in [6.45, 7) is 9.70. The van der Waals surface area contributed by atoms with Crippen LogP contribution in [0.5, 0.6) is 0 Å². The molecule has 0 aliphatic carbocycles. The first-order valence-electron chi connectivity index (χ1n) is 6.89. The fourth-order valence-corrected chi connectivity index (χ4v) is 3.53. The molecule has 4 nitrogen and oxygen atoms in total. The van der Waals surface area contributed by atoms with Gasteiger partial charge in [0.05, 0.1) is 11.2 Å². The standard InChI is InChI=1S/C14H19BFIO4S/c1-9-11(15-20-13(2,3)14(4,5)21-15)6-10(7-12(9)17)8-22(16,18)19/h6-7H,8H2,1-5H3. The summed E-state index contributed by atoms with van der Waals surface area (Å²) in [5.41, 5.74) is 1.10. The van der Waals surface area contributed by atoms with Crippen LogP contribution in [0.4, 0.5) is 3.89 Å². The van der Waals surface area contributed by atoms with Crippen molar-refractivity contribution < 1.29 is 21.6 Å². The molecule has 0 atom stereocenters. The van der Waals surface area contributed by atoms with E-state index >= 15 is 0 Å². The van der Waals surface area contributed by atoms with Gasteiger partial charge in [0.2, 0.25) is 0 Å². The van der Waals surface area contributed by atoms with Crippen molar-refractivity contribution >= 4 is 45.4 Å². The highest BCUT2D eigenvalue weighted by molar-refractivity contribution is 14.1. The topological polar surface area (TPSA) is 52.6 Å². The molecule has 2 rings (SSSR count). The van der Waals surface area contributed by atoms with E-state index in [1.807, 2.05) is 34.6 Å². The molecule has 0 N–H and O–H groups in total. The van der Waals surface area contributed by atoms with Gasteiger partial charge >= 0.3 is 17.3 Å². The maximum absolute atomic E-state index is 13.0. The fraction of sp³-hybridized carbons (Fsp3) is 0.571. The summed E-state index contributed by atoms with van der Waals surface area (Å²) < 4.78 is 47.6. The van der Waals surface area contributed by atoms with Crippen molar-refractivity contribution in [1.29, 1.82) is 0 Å². The monoisotopic (exact) mass is 440 g/mol.